The van der Waals surface area contributed by atoms with Gasteiger partial charge in [-0.3, -0.25) is 0 Å². The number of fused-ring (bicyclic) bond motifs is 1. The predicted octanol–water partition coefficient (Wildman–Crippen LogP) is 5.71. The zero-order chi connectivity index (χ0) is 19.7. The predicted molar refractivity (Wildman–Crippen MR) is 120 cm³/mol. The Hall–Kier alpha value is -2.92. The fraction of sp³-hybridized carbons (Fsp3) is 0.217. The molecule has 4 aromatic rings. The molecule has 0 radical (unpaired) electrons. The van der Waals surface area contributed by atoms with E-state index in [0.717, 1.165) is 34.0 Å². The molecule has 4 nitrogen and oxygen atoms in total. The first-order chi connectivity index (χ1) is 13.5. The second-order valence-electron chi connectivity index (χ2n) is 7.18. The highest BCUT2D eigenvalue weighted by Crippen LogP contribution is 2.35. The Kier molecular flexibility index (Phi) is 5.01. The molecule has 142 valence electrons. The molecule has 2 aromatic carbocycles. The van der Waals surface area contributed by atoms with E-state index in [1.807, 2.05) is 20.2 Å². The summed E-state index contributed by atoms with van der Waals surface area (Å²) in [7, 11) is 4.09. The van der Waals surface area contributed by atoms with Crippen LogP contribution in [-0.4, -0.2) is 24.1 Å². The van der Waals surface area contributed by atoms with E-state index < -0.39 is 0 Å². The maximum atomic E-state index is 4.90. The lowest BCUT2D eigenvalue weighted by molar-refractivity contribution is 0.999. The largest absolute Gasteiger partial charge is 0.378 e. The Morgan fingerprint density at radius 2 is 1.64 bits per heavy atom. The summed E-state index contributed by atoms with van der Waals surface area (Å²) in [5.41, 5.74) is 4.66. The van der Waals surface area contributed by atoms with Crippen LogP contribution in [0.15, 0.2) is 54.6 Å². The minimum atomic E-state index is 0.723. The summed E-state index contributed by atoms with van der Waals surface area (Å²) in [6.07, 6.45) is 0.723. The van der Waals surface area contributed by atoms with Gasteiger partial charge < -0.3 is 10.2 Å². The third-order valence-corrected chi connectivity index (χ3v) is 6.03. The lowest BCUT2D eigenvalue weighted by atomic mass is 10.1. The molecular formula is C23H24N4S. The zero-order valence-electron chi connectivity index (χ0n) is 16.7. The maximum Gasteiger partial charge on any atom is 0.143 e. The standard InChI is InChI=1S/C23H24N4S/c1-15-16(2)28-23-21(15)22(24-18-10-12-19(13-11-18)27(3)4)25-20(26-23)14-17-8-6-5-7-9-17/h5-13H,14H2,1-4H3,(H,24,25,26). The average molecular weight is 389 g/mol. The summed E-state index contributed by atoms with van der Waals surface area (Å²) in [6, 6.07) is 18.8. The Morgan fingerprint density at radius 1 is 0.929 bits per heavy atom. The Morgan fingerprint density at radius 3 is 2.32 bits per heavy atom. The Labute approximate surface area is 169 Å². The van der Waals surface area contributed by atoms with Gasteiger partial charge in [-0.25, -0.2) is 9.97 Å². The van der Waals surface area contributed by atoms with Crippen LogP contribution >= 0.6 is 11.3 Å². The molecule has 0 spiro atoms. The maximum absolute atomic E-state index is 4.90. The lowest BCUT2D eigenvalue weighted by Gasteiger charge is -2.14. The summed E-state index contributed by atoms with van der Waals surface area (Å²) in [5.74, 6) is 1.72. The van der Waals surface area contributed by atoms with Gasteiger partial charge in [-0.05, 0) is 49.2 Å². The van der Waals surface area contributed by atoms with E-state index in [2.05, 4.69) is 72.6 Å². The second kappa shape index (κ2) is 7.60. The van der Waals surface area contributed by atoms with Crippen LogP contribution in [0.5, 0.6) is 0 Å². The van der Waals surface area contributed by atoms with Gasteiger partial charge in [-0.15, -0.1) is 11.3 Å². The summed E-state index contributed by atoms with van der Waals surface area (Å²) >= 11 is 1.74. The van der Waals surface area contributed by atoms with Crippen LogP contribution in [0.1, 0.15) is 21.8 Å². The number of hydrogen-bond acceptors (Lipinski definition) is 5. The van der Waals surface area contributed by atoms with Crippen molar-refractivity contribution in [2.45, 2.75) is 20.3 Å². The molecule has 2 aromatic heterocycles. The van der Waals surface area contributed by atoms with E-state index in [9.17, 15) is 0 Å². The highest BCUT2D eigenvalue weighted by Gasteiger charge is 2.15. The molecule has 1 N–H and O–H groups in total. The lowest BCUT2D eigenvalue weighted by Crippen LogP contribution is -2.08. The molecule has 0 atom stereocenters. The van der Waals surface area contributed by atoms with E-state index in [4.69, 9.17) is 9.97 Å². The van der Waals surface area contributed by atoms with Crippen molar-refractivity contribution < 1.29 is 0 Å². The smallest absolute Gasteiger partial charge is 0.143 e. The number of aromatic nitrogens is 2. The van der Waals surface area contributed by atoms with Crippen LogP contribution in [0.3, 0.4) is 0 Å². The monoisotopic (exact) mass is 388 g/mol. The molecule has 0 amide bonds. The van der Waals surface area contributed by atoms with Crippen LogP contribution in [0.25, 0.3) is 10.2 Å². The van der Waals surface area contributed by atoms with Crippen LogP contribution < -0.4 is 10.2 Å². The minimum Gasteiger partial charge on any atom is -0.378 e. The molecule has 0 aliphatic heterocycles. The van der Waals surface area contributed by atoms with Crippen molar-refractivity contribution in [1.29, 1.82) is 0 Å². The highest BCUT2D eigenvalue weighted by atomic mass is 32.1. The van der Waals surface area contributed by atoms with Gasteiger partial charge in [0.2, 0.25) is 0 Å². The average Bonchev–Trinajstić information content (AvgIpc) is 2.97. The first kappa shape index (κ1) is 18.4. The van der Waals surface area contributed by atoms with Crippen molar-refractivity contribution in [1.82, 2.24) is 9.97 Å². The van der Waals surface area contributed by atoms with Crippen molar-refractivity contribution in [3.05, 3.63) is 76.4 Å². The van der Waals surface area contributed by atoms with E-state index in [0.29, 0.717) is 0 Å². The number of benzene rings is 2. The third-order valence-electron chi connectivity index (χ3n) is 4.93. The fourth-order valence-corrected chi connectivity index (χ4v) is 4.27. The molecule has 2 heterocycles. The molecule has 0 saturated heterocycles. The van der Waals surface area contributed by atoms with Gasteiger partial charge in [0.05, 0.1) is 5.39 Å². The number of aryl methyl sites for hydroxylation is 2. The number of hydrogen-bond donors (Lipinski definition) is 1. The summed E-state index contributed by atoms with van der Waals surface area (Å²) in [6.45, 7) is 4.29. The van der Waals surface area contributed by atoms with Gasteiger partial charge >= 0.3 is 0 Å². The number of anilines is 3. The molecule has 0 aliphatic carbocycles. The second-order valence-corrected chi connectivity index (χ2v) is 8.38. The van der Waals surface area contributed by atoms with E-state index in [1.165, 1.54) is 21.7 Å². The van der Waals surface area contributed by atoms with Crippen LogP contribution in [-0.2, 0) is 6.42 Å². The summed E-state index contributed by atoms with van der Waals surface area (Å²) in [4.78, 5) is 14.2. The van der Waals surface area contributed by atoms with Gasteiger partial charge in [0, 0.05) is 36.8 Å². The molecule has 4 rings (SSSR count). The van der Waals surface area contributed by atoms with Gasteiger partial charge in [-0.1, -0.05) is 30.3 Å². The molecule has 0 aliphatic rings. The summed E-state index contributed by atoms with van der Waals surface area (Å²) < 4.78 is 0. The number of nitrogens with one attached hydrogen (secondary N) is 1. The molecule has 5 heteroatoms. The van der Waals surface area contributed by atoms with Gasteiger partial charge in [0.15, 0.2) is 0 Å². The van der Waals surface area contributed by atoms with Crippen molar-refractivity contribution in [2.24, 2.45) is 0 Å². The van der Waals surface area contributed by atoms with Gasteiger partial charge in [0.25, 0.3) is 0 Å². The normalized spacial score (nSPS) is 11.0. The van der Waals surface area contributed by atoms with Crippen LogP contribution in [0, 0.1) is 13.8 Å². The minimum absolute atomic E-state index is 0.723. The number of rotatable bonds is 5. The Bertz CT molecular complexity index is 1100. The molecule has 28 heavy (non-hydrogen) atoms. The molecular weight excluding hydrogens is 364 g/mol. The van der Waals surface area contributed by atoms with Crippen molar-refractivity contribution >= 4 is 38.7 Å². The highest BCUT2D eigenvalue weighted by molar-refractivity contribution is 7.18. The molecule has 0 saturated carbocycles. The topological polar surface area (TPSA) is 41.1 Å². The number of thiophene rings is 1. The van der Waals surface area contributed by atoms with Gasteiger partial charge in [0.1, 0.15) is 16.5 Å². The zero-order valence-corrected chi connectivity index (χ0v) is 17.5. The Balaban J connectivity index is 1.74. The quantitative estimate of drug-likeness (QED) is 0.475. The SMILES string of the molecule is Cc1sc2nc(Cc3ccccc3)nc(Nc3ccc(N(C)C)cc3)c2c1C. The van der Waals surface area contributed by atoms with Gasteiger partial charge in [-0.2, -0.15) is 0 Å². The number of nitrogens with zero attached hydrogens (tertiary/aromatic N) is 3. The molecule has 0 bridgehead atoms. The fourth-order valence-electron chi connectivity index (χ4n) is 3.22. The van der Waals surface area contributed by atoms with E-state index in [-0.39, 0.29) is 0 Å². The van der Waals surface area contributed by atoms with Crippen LogP contribution in [0.2, 0.25) is 0 Å². The van der Waals surface area contributed by atoms with E-state index >= 15 is 0 Å². The summed E-state index contributed by atoms with van der Waals surface area (Å²) in [5, 5.41) is 4.65. The van der Waals surface area contributed by atoms with E-state index in [1.54, 1.807) is 11.3 Å². The van der Waals surface area contributed by atoms with Crippen LogP contribution in [0.4, 0.5) is 17.2 Å². The molecule has 0 unspecified atom stereocenters. The molecule has 0 fully saturated rings. The van der Waals surface area contributed by atoms with Crippen molar-refractivity contribution in [2.75, 3.05) is 24.3 Å². The van der Waals surface area contributed by atoms with Crippen molar-refractivity contribution in [3.63, 3.8) is 0 Å². The first-order valence-electron chi connectivity index (χ1n) is 9.36. The first-order valence-corrected chi connectivity index (χ1v) is 10.2. The van der Waals surface area contributed by atoms with Crippen molar-refractivity contribution in [3.8, 4) is 0 Å². The third kappa shape index (κ3) is 3.71.